The van der Waals surface area contributed by atoms with Gasteiger partial charge in [-0.05, 0) is 33.5 Å². The molecule has 0 aromatic heterocycles. The number of aromatic hydroxyl groups is 1. The van der Waals surface area contributed by atoms with Crippen LogP contribution in [0.5, 0.6) is 5.75 Å². The monoisotopic (exact) mass is 234 g/mol. The molecule has 2 atom stereocenters. The molecule has 1 aromatic carbocycles. The molecule has 1 saturated heterocycles. The van der Waals surface area contributed by atoms with E-state index in [0.717, 1.165) is 18.7 Å². The van der Waals surface area contributed by atoms with Gasteiger partial charge in [-0.1, -0.05) is 18.2 Å². The first-order chi connectivity index (χ1) is 8.09. The Morgan fingerprint density at radius 1 is 1.35 bits per heavy atom. The lowest BCUT2D eigenvalue weighted by Crippen LogP contribution is -2.32. The van der Waals surface area contributed by atoms with E-state index in [0.29, 0.717) is 17.8 Å². The highest BCUT2D eigenvalue weighted by Gasteiger charge is 2.28. The van der Waals surface area contributed by atoms with Crippen LogP contribution in [-0.2, 0) is 0 Å². The van der Waals surface area contributed by atoms with Crippen LogP contribution in [0.1, 0.15) is 24.9 Å². The van der Waals surface area contributed by atoms with Crippen molar-refractivity contribution >= 4 is 0 Å². The van der Waals surface area contributed by atoms with Gasteiger partial charge in [-0.15, -0.1) is 0 Å². The highest BCUT2D eigenvalue weighted by molar-refractivity contribution is 5.34. The number of likely N-dealkylation sites (tertiary alicyclic amines) is 1. The third kappa shape index (κ3) is 2.61. The normalized spacial score (nSPS) is 23.2. The third-order valence-corrected chi connectivity index (χ3v) is 3.86. The van der Waals surface area contributed by atoms with Crippen LogP contribution in [0.25, 0.3) is 0 Å². The van der Waals surface area contributed by atoms with Crippen LogP contribution >= 0.6 is 0 Å². The smallest absolute Gasteiger partial charge is 0.120 e. The van der Waals surface area contributed by atoms with Gasteiger partial charge in [0.15, 0.2) is 0 Å². The average Bonchev–Trinajstić information content (AvgIpc) is 2.78. The Morgan fingerprint density at radius 2 is 2.06 bits per heavy atom. The van der Waals surface area contributed by atoms with Gasteiger partial charge in [-0.3, -0.25) is 4.90 Å². The zero-order valence-electron chi connectivity index (χ0n) is 10.9. The first kappa shape index (κ1) is 12.4. The summed E-state index contributed by atoms with van der Waals surface area (Å²) in [7, 11) is 4.28. The lowest BCUT2D eigenvalue weighted by Gasteiger charge is -2.26. The maximum Gasteiger partial charge on any atom is 0.120 e. The van der Waals surface area contributed by atoms with E-state index in [-0.39, 0.29) is 0 Å². The fourth-order valence-electron chi connectivity index (χ4n) is 2.58. The Balaban J connectivity index is 2.07. The molecule has 1 aliphatic heterocycles. The number of nitrogens with zero attached hydrogens (tertiary/aromatic N) is 2. The zero-order valence-corrected chi connectivity index (χ0v) is 10.9. The van der Waals surface area contributed by atoms with Crippen molar-refractivity contribution in [2.75, 3.05) is 27.2 Å². The summed E-state index contributed by atoms with van der Waals surface area (Å²) < 4.78 is 0. The van der Waals surface area contributed by atoms with Gasteiger partial charge in [0, 0.05) is 30.7 Å². The van der Waals surface area contributed by atoms with Crippen LogP contribution in [0.15, 0.2) is 24.3 Å². The number of para-hydroxylation sites is 1. The fourth-order valence-corrected chi connectivity index (χ4v) is 2.58. The van der Waals surface area contributed by atoms with Crippen LogP contribution in [-0.4, -0.2) is 48.1 Å². The van der Waals surface area contributed by atoms with Crippen molar-refractivity contribution in [3.63, 3.8) is 0 Å². The number of benzene rings is 1. The highest BCUT2D eigenvalue weighted by Crippen LogP contribution is 2.30. The third-order valence-electron chi connectivity index (χ3n) is 3.86. The Morgan fingerprint density at radius 3 is 2.65 bits per heavy atom. The molecule has 2 rings (SSSR count). The van der Waals surface area contributed by atoms with Gasteiger partial charge in [0.05, 0.1) is 0 Å². The first-order valence-electron chi connectivity index (χ1n) is 6.28. The van der Waals surface area contributed by atoms with E-state index >= 15 is 0 Å². The molecule has 2 unspecified atom stereocenters. The second-order valence-electron chi connectivity index (χ2n) is 5.14. The summed E-state index contributed by atoms with van der Waals surface area (Å²) in [4.78, 5) is 4.73. The molecule has 0 bridgehead atoms. The minimum Gasteiger partial charge on any atom is -0.508 e. The number of rotatable bonds is 3. The first-order valence-corrected chi connectivity index (χ1v) is 6.28. The van der Waals surface area contributed by atoms with E-state index in [4.69, 9.17) is 0 Å². The van der Waals surface area contributed by atoms with Crippen molar-refractivity contribution in [3.8, 4) is 5.75 Å². The quantitative estimate of drug-likeness (QED) is 0.867. The second kappa shape index (κ2) is 5.07. The summed E-state index contributed by atoms with van der Waals surface area (Å²) in [6, 6.07) is 8.59. The summed E-state index contributed by atoms with van der Waals surface area (Å²) in [5.41, 5.74) is 1.03. The summed E-state index contributed by atoms with van der Waals surface area (Å²) in [6.45, 7) is 4.37. The maximum absolute atomic E-state index is 9.88. The van der Waals surface area contributed by atoms with Crippen molar-refractivity contribution in [2.45, 2.75) is 25.4 Å². The topological polar surface area (TPSA) is 26.7 Å². The van der Waals surface area contributed by atoms with Crippen molar-refractivity contribution < 1.29 is 5.11 Å². The van der Waals surface area contributed by atoms with Gasteiger partial charge in [0.2, 0.25) is 0 Å². The van der Waals surface area contributed by atoms with Crippen LogP contribution in [0.2, 0.25) is 0 Å². The largest absolute Gasteiger partial charge is 0.508 e. The molecular formula is C14H22N2O. The van der Waals surface area contributed by atoms with E-state index in [1.54, 1.807) is 6.07 Å². The van der Waals surface area contributed by atoms with Crippen LogP contribution in [0.3, 0.4) is 0 Å². The molecular weight excluding hydrogens is 212 g/mol. The molecule has 94 valence electrons. The number of hydrogen-bond acceptors (Lipinski definition) is 3. The van der Waals surface area contributed by atoms with Crippen LogP contribution in [0, 0.1) is 0 Å². The molecule has 1 heterocycles. The molecule has 1 fully saturated rings. The minimum atomic E-state index is 0.293. The second-order valence-corrected chi connectivity index (χ2v) is 5.14. The maximum atomic E-state index is 9.88. The SMILES string of the molecule is CC(c1ccccc1O)N1CCC(N(C)C)C1. The zero-order chi connectivity index (χ0) is 12.4. The van der Waals surface area contributed by atoms with E-state index in [1.165, 1.54) is 6.42 Å². The predicted molar refractivity (Wildman–Crippen MR) is 70.2 cm³/mol. The molecule has 3 heteroatoms. The lowest BCUT2D eigenvalue weighted by atomic mass is 10.1. The molecule has 0 saturated carbocycles. The molecule has 3 nitrogen and oxygen atoms in total. The molecule has 1 aliphatic rings. The Bertz CT molecular complexity index is 378. The van der Waals surface area contributed by atoms with Crippen molar-refractivity contribution in [2.24, 2.45) is 0 Å². The van der Waals surface area contributed by atoms with Gasteiger partial charge in [-0.25, -0.2) is 0 Å². The molecule has 0 spiro atoms. The minimum absolute atomic E-state index is 0.293. The average molecular weight is 234 g/mol. The lowest BCUT2D eigenvalue weighted by molar-refractivity contribution is 0.225. The number of phenols is 1. The summed E-state index contributed by atoms with van der Waals surface area (Å²) in [6.07, 6.45) is 1.21. The number of likely N-dealkylation sites (N-methyl/N-ethyl adjacent to an activating group) is 1. The molecule has 0 radical (unpaired) electrons. The predicted octanol–water partition coefficient (Wildman–Crippen LogP) is 2.09. The number of hydrogen-bond donors (Lipinski definition) is 1. The van der Waals surface area contributed by atoms with Gasteiger partial charge in [0.1, 0.15) is 5.75 Å². The van der Waals surface area contributed by atoms with Gasteiger partial charge in [0.25, 0.3) is 0 Å². The molecule has 1 aromatic rings. The summed E-state index contributed by atoms with van der Waals surface area (Å²) in [5, 5.41) is 9.88. The standard InChI is InChI=1S/C14H22N2O/c1-11(13-6-4-5-7-14(13)17)16-9-8-12(10-16)15(2)3/h4-7,11-12,17H,8-10H2,1-3H3. The highest BCUT2D eigenvalue weighted by atomic mass is 16.3. The van der Waals surface area contributed by atoms with Crippen LogP contribution in [0.4, 0.5) is 0 Å². The van der Waals surface area contributed by atoms with E-state index in [9.17, 15) is 5.11 Å². The van der Waals surface area contributed by atoms with Crippen LogP contribution < -0.4 is 0 Å². The van der Waals surface area contributed by atoms with Gasteiger partial charge >= 0.3 is 0 Å². The van der Waals surface area contributed by atoms with Crippen molar-refractivity contribution in [1.29, 1.82) is 0 Å². The molecule has 0 aliphatic carbocycles. The summed E-state index contributed by atoms with van der Waals surface area (Å²) >= 11 is 0. The number of phenolic OH excluding ortho intramolecular Hbond substituents is 1. The molecule has 1 N–H and O–H groups in total. The Labute approximate surface area is 104 Å². The van der Waals surface area contributed by atoms with Gasteiger partial charge < -0.3 is 10.0 Å². The summed E-state index contributed by atoms with van der Waals surface area (Å²) in [5.74, 6) is 0.410. The van der Waals surface area contributed by atoms with E-state index < -0.39 is 0 Å². The Kier molecular flexibility index (Phi) is 3.69. The van der Waals surface area contributed by atoms with E-state index in [2.05, 4.69) is 30.8 Å². The van der Waals surface area contributed by atoms with Gasteiger partial charge in [-0.2, -0.15) is 0 Å². The van der Waals surface area contributed by atoms with E-state index in [1.807, 2.05) is 18.2 Å². The van der Waals surface area contributed by atoms with Crippen molar-refractivity contribution in [3.05, 3.63) is 29.8 Å². The molecule has 17 heavy (non-hydrogen) atoms. The fraction of sp³-hybridized carbons (Fsp3) is 0.571. The van der Waals surface area contributed by atoms with Crippen molar-refractivity contribution in [1.82, 2.24) is 9.80 Å². The molecule has 0 amide bonds. The Hall–Kier alpha value is -1.06.